The van der Waals surface area contributed by atoms with Gasteiger partial charge in [0.25, 0.3) is 0 Å². The molecule has 5 nitrogen and oxygen atoms in total. The van der Waals surface area contributed by atoms with Gasteiger partial charge < -0.3 is 14.0 Å². The number of hydrogen-bond donors (Lipinski definition) is 0. The summed E-state index contributed by atoms with van der Waals surface area (Å²) in [4.78, 5) is 17.9. The number of pyridine rings is 1. The Bertz CT molecular complexity index is 1100. The summed E-state index contributed by atoms with van der Waals surface area (Å²) >= 11 is 0. The van der Waals surface area contributed by atoms with Crippen molar-refractivity contribution in [1.29, 1.82) is 0 Å². The molecule has 0 spiro atoms. The van der Waals surface area contributed by atoms with Crippen LogP contribution < -0.4 is 5.32 Å². The molecule has 1 aromatic carbocycles. The number of carbonyl (C=O) groups excluding carboxylic acids is 1. The molecule has 2 aromatic heterocycles. The van der Waals surface area contributed by atoms with Crippen molar-refractivity contribution in [3.05, 3.63) is 59.8 Å². The van der Waals surface area contributed by atoms with Gasteiger partial charge in [-0.1, -0.05) is 76.2 Å². The van der Waals surface area contributed by atoms with Crippen molar-refractivity contribution in [2.45, 2.75) is 77.7 Å². The lowest BCUT2D eigenvalue weighted by molar-refractivity contribution is -0.149. The van der Waals surface area contributed by atoms with Gasteiger partial charge in [-0.3, -0.25) is 0 Å². The minimum absolute atomic E-state index is 0.164. The van der Waals surface area contributed by atoms with Crippen molar-refractivity contribution >= 4 is 30.4 Å². The van der Waals surface area contributed by atoms with Gasteiger partial charge in [-0.15, -0.1) is 0 Å². The molecule has 0 bridgehead atoms. The fraction of sp³-hybridized carbons (Fsp3) is 0.500. The molecule has 0 saturated carbocycles. The zero-order valence-corrected chi connectivity index (χ0v) is 22.9. The van der Waals surface area contributed by atoms with Crippen LogP contribution in [0.4, 0.5) is 0 Å². The van der Waals surface area contributed by atoms with Crippen molar-refractivity contribution in [3.8, 4) is 0 Å². The average Bonchev–Trinajstić information content (AvgIpc) is 3.22. The molecule has 0 amide bonds. The van der Waals surface area contributed by atoms with Crippen LogP contribution in [0.25, 0.3) is 11.0 Å². The molecule has 0 fully saturated rings. The topological polar surface area (TPSA) is 53.4 Å². The summed E-state index contributed by atoms with van der Waals surface area (Å²) in [6.07, 6.45) is 1.82. The first-order valence-electron chi connectivity index (χ1n) is 12.5. The molecule has 6 heteroatoms. The predicted octanol–water partition coefficient (Wildman–Crippen LogP) is 5.98. The zero-order chi connectivity index (χ0) is 24.9. The van der Waals surface area contributed by atoms with E-state index in [1.54, 1.807) is 0 Å². The van der Waals surface area contributed by atoms with Gasteiger partial charge in [-0.25, -0.2) is 9.78 Å². The molecule has 1 atom stereocenters. The summed E-state index contributed by atoms with van der Waals surface area (Å²) in [6.45, 7) is 14.3. The monoisotopic (exact) mass is 480 g/mol. The number of rotatable bonds is 11. The summed E-state index contributed by atoms with van der Waals surface area (Å²) in [7, 11) is -0.474. The highest BCUT2D eigenvalue weighted by molar-refractivity contribution is 6.91. The smallest absolute Gasteiger partial charge is 0.331 e. The Morgan fingerprint density at radius 3 is 2.29 bits per heavy atom. The molecule has 3 rings (SSSR count). The molecule has 0 aliphatic rings. The van der Waals surface area contributed by atoms with E-state index in [0.29, 0.717) is 13.2 Å². The van der Waals surface area contributed by atoms with Crippen LogP contribution in [0.1, 0.15) is 58.6 Å². The van der Waals surface area contributed by atoms with Crippen LogP contribution >= 0.6 is 0 Å². The first-order valence-corrected chi connectivity index (χ1v) is 15.1. The number of benzene rings is 1. The van der Waals surface area contributed by atoms with E-state index in [2.05, 4.69) is 50.5 Å². The van der Waals surface area contributed by atoms with Gasteiger partial charge >= 0.3 is 5.97 Å². The number of hydrogen-bond acceptors (Lipinski definition) is 4. The van der Waals surface area contributed by atoms with E-state index in [4.69, 9.17) is 14.5 Å². The maximum absolute atomic E-state index is 13.0. The quantitative estimate of drug-likeness (QED) is 0.250. The third-order valence-electron chi connectivity index (χ3n) is 7.52. The summed E-state index contributed by atoms with van der Waals surface area (Å²) in [6, 6.07) is 17.8. The minimum atomic E-state index is -1.94. The third-order valence-corrected chi connectivity index (χ3v) is 13.1. The summed E-state index contributed by atoms with van der Waals surface area (Å²) < 4.78 is 13.7. The lowest BCUT2D eigenvalue weighted by Gasteiger charge is -2.37. The Morgan fingerprint density at radius 2 is 1.71 bits per heavy atom. The number of nitrogens with zero attached hydrogens (tertiary/aromatic N) is 2. The Hall–Kier alpha value is -2.44. The van der Waals surface area contributed by atoms with Crippen LogP contribution in [0.3, 0.4) is 0 Å². The Balaban J connectivity index is 2.20. The van der Waals surface area contributed by atoms with Gasteiger partial charge in [0, 0.05) is 22.8 Å². The number of methoxy groups -OCH3 is 1. The maximum Gasteiger partial charge on any atom is 0.331 e. The van der Waals surface area contributed by atoms with E-state index in [9.17, 15) is 4.79 Å². The average molecular weight is 481 g/mol. The fourth-order valence-electron chi connectivity index (χ4n) is 5.31. The molecular formula is C28H40N2O3Si. The second-order valence-electron chi connectivity index (χ2n) is 9.77. The molecule has 1 unspecified atom stereocenters. The number of fused-ring (bicyclic) bond motifs is 1. The molecule has 3 aromatic rings. The molecule has 0 aliphatic heterocycles. The molecule has 0 radical (unpaired) electrons. The SMILES string of the molecule is CC[Si](CC)(CC)c1c(C(C)COCc2ccccc2)c2cccnc2n1C(C)(C)C(=O)OC. The number of aromatic nitrogens is 2. The molecule has 0 saturated heterocycles. The van der Waals surface area contributed by atoms with Crippen LogP contribution in [0.5, 0.6) is 0 Å². The third kappa shape index (κ3) is 4.71. The maximum atomic E-state index is 13.0. The van der Waals surface area contributed by atoms with Crippen molar-refractivity contribution in [2.75, 3.05) is 13.7 Å². The number of esters is 1. The van der Waals surface area contributed by atoms with Crippen LogP contribution in [0.15, 0.2) is 48.7 Å². The van der Waals surface area contributed by atoms with Gasteiger partial charge in [-0.2, -0.15) is 0 Å². The van der Waals surface area contributed by atoms with E-state index in [-0.39, 0.29) is 11.9 Å². The highest BCUT2D eigenvalue weighted by atomic mass is 28.3. The van der Waals surface area contributed by atoms with Crippen LogP contribution in [-0.2, 0) is 26.4 Å². The first kappa shape index (κ1) is 26.2. The number of ether oxygens (including phenoxy) is 2. The fourth-order valence-corrected chi connectivity index (χ4v) is 9.63. The Morgan fingerprint density at radius 1 is 1.06 bits per heavy atom. The largest absolute Gasteiger partial charge is 0.467 e. The first-order chi connectivity index (χ1) is 16.3. The van der Waals surface area contributed by atoms with Crippen LogP contribution in [-0.4, -0.2) is 37.3 Å². The highest BCUT2D eigenvalue weighted by Crippen LogP contribution is 2.35. The minimum Gasteiger partial charge on any atom is -0.467 e. The second-order valence-corrected chi connectivity index (χ2v) is 14.9. The van der Waals surface area contributed by atoms with Crippen molar-refractivity contribution in [1.82, 2.24) is 9.55 Å². The second kappa shape index (κ2) is 10.9. The van der Waals surface area contributed by atoms with Crippen LogP contribution in [0, 0.1) is 0 Å². The standard InChI is InChI=1S/C28H40N2O3Si/c1-8-34(9-2,10-3)26-24(21(4)19-33-20-22-15-12-11-13-16-22)23-17-14-18-29-25(23)30(26)28(5,6)27(31)32-7/h11-18,21H,8-10,19-20H2,1-7H3. The van der Waals surface area contributed by atoms with Gasteiger partial charge in [-0.05, 0) is 37.1 Å². The molecule has 34 heavy (non-hydrogen) atoms. The predicted molar refractivity (Wildman–Crippen MR) is 142 cm³/mol. The molecule has 2 heterocycles. The zero-order valence-electron chi connectivity index (χ0n) is 21.9. The van der Waals surface area contributed by atoms with E-state index < -0.39 is 13.6 Å². The Kier molecular flexibility index (Phi) is 8.37. The highest BCUT2D eigenvalue weighted by Gasteiger charge is 2.44. The van der Waals surface area contributed by atoms with Gasteiger partial charge in [0.1, 0.15) is 19.3 Å². The van der Waals surface area contributed by atoms with E-state index in [1.807, 2.05) is 44.3 Å². The summed E-state index contributed by atoms with van der Waals surface area (Å²) in [5, 5.41) is 2.46. The van der Waals surface area contributed by atoms with Crippen molar-refractivity contribution < 1.29 is 14.3 Å². The van der Waals surface area contributed by atoms with E-state index >= 15 is 0 Å². The lowest BCUT2D eigenvalue weighted by atomic mass is 10.0. The van der Waals surface area contributed by atoms with Crippen molar-refractivity contribution in [3.63, 3.8) is 0 Å². The normalized spacial score (nSPS) is 13.3. The van der Waals surface area contributed by atoms with Crippen LogP contribution in [0.2, 0.25) is 18.1 Å². The van der Waals surface area contributed by atoms with Crippen molar-refractivity contribution in [2.24, 2.45) is 0 Å². The molecule has 184 valence electrons. The Labute approximate surface area is 205 Å². The number of carbonyl (C=O) groups is 1. The molecule has 0 aliphatic carbocycles. The van der Waals surface area contributed by atoms with Gasteiger partial charge in [0.05, 0.1) is 20.3 Å². The summed E-state index contributed by atoms with van der Waals surface area (Å²) in [5.41, 5.74) is 2.47. The molecular weight excluding hydrogens is 440 g/mol. The van der Waals surface area contributed by atoms with Gasteiger partial charge in [0.15, 0.2) is 0 Å². The van der Waals surface area contributed by atoms with Gasteiger partial charge in [0.2, 0.25) is 0 Å². The summed E-state index contributed by atoms with van der Waals surface area (Å²) in [5.74, 6) is -0.0846. The molecule has 0 N–H and O–H groups in total. The van der Waals surface area contributed by atoms with E-state index in [1.165, 1.54) is 23.6 Å². The lowest BCUT2D eigenvalue weighted by Crippen LogP contribution is -2.56. The van der Waals surface area contributed by atoms with E-state index in [0.717, 1.165) is 29.2 Å².